The Kier molecular flexibility index (Phi) is 9.31. The smallest absolute Gasteiger partial charge is 0.417 e. The average molecular weight is 588 g/mol. The maximum Gasteiger partial charge on any atom is 0.417 e. The lowest BCUT2D eigenvalue weighted by molar-refractivity contribution is -0.151. The van der Waals surface area contributed by atoms with Crippen molar-refractivity contribution in [2.45, 2.75) is 25.7 Å². The van der Waals surface area contributed by atoms with E-state index in [9.17, 15) is 36.7 Å². The van der Waals surface area contributed by atoms with Crippen LogP contribution >= 0.6 is 11.6 Å². The summed E-state index contributed by atoms with van der Waals surface area (Å²) in [6, 6.07) is 5.02. The molecule has 0 aliphatic rings. The van der Waals surface area contributed by atoms with Gasteiger partial charge >= 0.3 is 18.1 Å². The van der Waals surface area contributed by atoms with Crippen molar-refractivity contribution in [2.24, 2.45) is 0 Å². The molecule has 212 valence electrons. The molecule has 3 aromatic rings. The molecule has 0 bridgehead atoms. The van der Waals surface area contributed by atoms with Crippen LogP contribution in [0.1, 0.15) is 28.8 Å². The molecule has 0 spiro atoms. The first-order valence-electron chi connectivity index (χ1n) is 11.0. The summed E-state index contributed by atoms with van der Waals surface area (Å²) >= 11 is 5.79. The van der Waals surface area contributed by atoms with Crippen molar-refractivity contribution in [3.05, 3.63) is 74.9 Å². The summed E-state index contributed by atoms with van der Waals surface area (Å²) in [5, 5.41) is 13.7. The zero-order chi connectivity index (χ0) is 29.6. The van der Waals surface area contributed by atoms with E-state index in [4.69, 9.17) is 30.9 Å². The molecule has 0 aliphatic heterocycles. The molecule has 0 saturated carbocycles. The first-order chi connectivity index (χ1) is 18.8. The van der Waals surface area contributed by atoms with Crippen molar-refractivity contribution in [1.82, 2.24) is 9.78 Å². The molecule has 2 N–H and O–H groups in total. The van der Waals surface area contributed by atoms with Crippen LogP contribution in [0, 0.1) is 5.82 Å². The number of nitrogens with zero attached hydrogens (tertiary/aromatic N) is 2. The van der Waals surface area contributed by atoms with Crippen LogP contribution in [0.5, 0.6) is 17.2 Å². The molecule has 1 heterocycles. The first kappa shape index (κ1) is 29.9. The molecule has 0 unspecified atom stereocenters. The maximum absolute atomic E-state index is 13.6. The van der Waals surface area contributed by atoms with E-state index in [-0.39, 0.29) is 17.2 Å². The topological polar surface area (TPSA) is 146 Å². The number of carboxylic acids is 1. The summed E-state index contributed by atoms with van der Waals surface area (Å²) in [6.45, 7) is -0.641. The Bertz CT molecular complexity index is 1510. The van der Waals surface area contributed by atoms with Gasteiger partial charge in [-0.1, -0.05) is 11.6 Å². The van der Waals surface area contributed by atoms with Crippen molar-refractivity contribution < 1.29 is 51.3 Å². The number of nitrogens with one attached hydrogen (secondary N) is 1. The number of aliphatic carboxylic acids is 1. The van der Waals surface area contributed by atoms with Crippen molar-refractivity contribution in [3.8, 4) is 17.2 Å². The average Bonchev–Trinajstić information content (AvgIpc) is 2.87. The van der Waals surface area contributed by atoms with Gasteiger partial charge in [0.15, 0.2) is 18.2 Å². The van der Waals surface area contributed by atoms with Gasteiger partial charge in [-0.15, -0.1) is 0 Å². The molecular formula is C24H18ClF4N3O8. The Morgan fingerprint density at radius 3 is 2.42 bits per heavy atom. The van der Waals surface area contributed by atoms with Crippen LogP contribution in [0.3, 0.4) is 0 Å². The van der Waals surface area contributed by atoms with Gasteiger partial charge in [0.2, 0.25) is 0 Å². The van der Waals surface area contributed by atoms with Crippen LogP contribution in [0.4, 0.5) is 23.2 Å². The zero-order valence-electron chi connectivity index (χ0n) is 20.3. The van der Waals surface area contributed by atoms with Crippen LogP contribution in [0.15, 0.2) is 47.4 Å². The predicted molar refractivity (Wildman–Crippen MR) is 129 cm³/mol. The predicted octanol–water partition coefficient (Wildman–Crippen LogP) is 4.47. The van der Waals surface area contributed by atoms with Crippen molar-refractivity contribution >= 4 is 35.1 Å². The highest BCUT2D eigenvalue weighted by Crippen LogP contribution is 2.41. The first-order valence-corrected chi connectivity index (χ1v) is 11.3. The minimum atomic E-state index is -4.91. The lowest BCUT2D eigenvalue weighted by Crippen LogP contribution is -2.26. The summed E-state index contributed by atoms with van der Waals surface area (Å²) in [6.07, 6.45) is -4.83. The van der Waals surface area contributed by atoms with Crippen LogP contribution in [-0.2, 0) is 27.2 Å². The Balaban J connectivity index is 1.87. The molecule has 0 fully saturated rings. The van der Waals surface area contributed by atoms with E-state index >= 15 is 0 Å². The molecule has 1 amide bonds. The molecule has 40 heavy (non-hydrogen) atoms. The zero-order valence-corrected chi connectivity index (χ0v) is 21.0. The number of ether oxygens (including phenoxy) is 3. The molecule has 0 saturated heterocycles. The molecule has 0 atom stereocenters. The lowest BCUT2D eigenvalue weighted by Gasteiger charge is -2.17. The van der Waals surface area contributed by atoms with Gasteiger partial charge in [-0.2, -0.15) is 23.0 Å². The van der Waals surface area contributed by atoms with E-state index in [1.165, 1.54) is 7.11 Å². The molecule has 2 aromatic carbocycles. The van der Waals surface area contributed by atoms with Gasteiger partial charge in [0.1, 0.15) is 11.6 Å². The molecule has 3 rings (SSSR count). The van der Waals surface area contributed by atoms with E-state index in [1.54, 1.807) is 0 Å². The Morgan fingerprint density at radius 2 is 1.80 bits per heavy atom. The standard InChI is InChI=1S/C24H18ClF4N3O8/c1-38-19-6-12(26)2-3-17(19)40-18-9-15(24(27,28)29)16(25)8-14(18)23(37)31-13-7-20(33)32(30-10-13)11-39-22(36)5-4-21(34)35/h2-3,6-10H,4-5,11H2,1H3,(H,31,37)(H,34,35). The molecule has 0 radical (unpaired) electrons. The Labute approximate surface area is 226 Å². The number of alkyl halides is 3. The normalized spacial score (nSPS) is 11.1. The van der Waals surface area contributed by atoms with Gasteiger partial charge < -0.3 is 24.6 Å². The fourth-order valence-electron chi connectivity index (χ4n) is 3.09. The fraction of sp³-hybridized carbons (Fsp3) is 0.208. The number of hydrogen-bond acceptors (Lipinski definition) is 8. The molecule has 1 aromatic heterocycles. The van der Waals surface area contributed by atoms with Gasteiger partial charge in [0, 0.05) is 12.1 Å². The van der Waals surface area contributed by atoms with Crippen molar-refractivity contribution in [2.75, 3.05) is 12.4 Å². The number of benzene rings is 2. The maximum atomic E-state index is 13.6. The monoisotopic (exact) mass is 587 g/mol. The van der Waals surface area contributed by atoms with Gasteiger partial charge in [-0.05, 0) is 24.3 Å². The number of aromatic nitrogens is 2. The van der Waals surface area contributed by atoms with Gasteiger partial charge in [0.05, 0.1) is 48.0 Å². The molecule has 16 heteroatoms. The van der Waals surface area contributed by atoms with Crippen LogP contribution in [0.25, 0.3) is 0 Å². The number of carbonyl (C=O) groups excluding carboxylic acids is 2. The summed E-state index contributed by atoms with van der Waals surface area (Å²) in [4.78, 5) is 47.3. The summed E-state index contributed by atoms with van der Waals surface area (Å²) in [5.41, 5.74) is -2.84. The quantitative estimate of drug-likeness (QED) is 0.259. The van der Waals surface area contributed by atoms with Crippen molar-refractivity contribution in [3.63, 3.8) is 0 Å². The number of anilines is 1. The second-order valence-corrected chi connectivity index (χ2v) is 8.21. The number of carboxylic acid groups (broad SMARTS) is 1. The lowest BCUT2D eigenvalue weighted by atomic mass is 10.1. The second kappa shape index (κ2) is 12.5. The number of amides is 1. The third-order valence-corrected chi connectivity index (χ3v) is 5.30. The number of carbonyl (C=O) groups is 3. The Hall–Kier alpha value is -4.66. The number of rotatable bonds is 10. The van der Waals surface area contributed by atoms with E-state index in [0.717, 1.165) is 30.5 Å². The summed E-state index contributed by atoms with van der Waals surface area (Å²) < 4.78 is 70.0. The minimum absolute atomic E-state index is 0.175. The SMILES string of the molecule is COc1cc(F)ccc1Oc1cc(C(F)(F)F)c(Cl)cc1C(=O)Nc1cnn(COC(=O)CCC(=O)O)c(=O)c1. The third-order valence-electron chi connectivity index (χ3n) is 4.98. The highest BCUT2D eigenvalue weighted by atomic mass is 35.5. The summed E-state index contributed by atoms with van der Waals surface area (Å²) in [5.74, 6) is -4.88. The van der Waals surface area contributed by atoms with Crippen molar-refractivity contribution in [1.29, 1.82) is 0 Å². The number of hydrogen-bond donors (Lipinski definition) is 2. The van der Waals surface area contributed by atoms with E-state index < -0.39 is 76.9 Å². The van der Waals surface area contributed by atoms with Crippen LogP contribution in [0.2, 0.25) is 5.02 Å². The van der Waals surface area contributed by atoms with Crippen LogP contribution in [-0.4, -0.2) is 39.8 Å². The Morgan fingerprint density at radius 1 is 1.07 bits per heavy atom. The molecule has 0 aliphatic carbocycles. The summed E-state index contributed by atoms with van der Waals surface area (Å²) in [7, 11) is 1.17. The second-order valence-electron chi connectivity index (χ2n) is 7.80. The van der Waals surface area contributed by atoms with E-state index in [1.807, 2.05) is 0 Å². The fourth-order valence-corrected chi connectivity index (χ4v) is 3.36. The number of methoxy groups -OCH3 is 1. The molecule has 11 nitrogen and oxygen atoms in total. The highest BCUT2D eigenvalue weighted by Gasteiger charge is 2.35. The van der Waals surface area contributed by atoms with Gasteiger partial charge in [-0.3, -0.25) is 19.2 Å². The number of esters is 1. The molecular weight excluding hydrogens is 570 g/mol. The highest BCUT2D eigenvalue weighted by molar-refractivity contribution is 6.32. The van der Waals surface area contributed by atoms with Crippen LogP contribution < -0.4 is 20.3 Å². The third kappa shape index (κ3) is 7.69. The largest absolute Gasteiger partial charge is 0.493 e. The van der Waals surface area contributed by atoms with Gasteiger partial charge in [0.25, 0.3) is 11.5 Å². The number of halogens is 5. The minimum Gasteiger partial charge on any atom is -0.493 e. The van der Waals surface area contributed by atoms with E-state index in [0.29, 0.717) is 16.8 Å². The van der Waals surface area contributed by atoms with Gasteiger partial charge in [-0.25, -0.2) is 4.39 Å². The van der Waals surface area contributed by atoms with E-state index in [2.05, 4.69) is 10.4 Å².